The van der Waals surface area contributed by atoms with Gasteiger partial charge in [-0.05, 0) is 37.6 Å². The van der Waals surface area contributed by atoms with Crippen LogP contribution in [0.1, 0.15) is 25.0 Å². The van der Waals surface area contributed by atoms with Gasteiger partial charge in [0.2, 0.25) is 11.8 Å². The van der Waals surface area contributed by atoms with E-state index in [2.05, 4.69) is 20.6 Å². The fraction of sp³-hybridized carbons (Fsp3) is 0.286. The fourth-order valence-corrected chi connectivity index (χ4v) is 3.61. The molecule has 4 rings (SSSR count). The minimum atomic E-state index is -0.283. The lowest BCUT2D eigenvalue weighted by Gasteiger charge is -2.27. The smallest absolute Gasteiger partial charge is 0.228 e. The SMILES string of the molecule is Cc1cc2n(n1)CCCN2C(=O)CCC(=O)Nc1ccc(-c2cccc(Cl)c2)nn1. The van der Waals surface area contributed by atoms with Crippen LogP contribution in [0, 0.1) is 6.92 Å². The van der Waals surface area contributed by atoms with Crippen LogP contribution in [0.15, 0.2) is 42.5 Å². The van der Waals surface area contributed by atoms with Gasteiger partial charge in [-0.25, -0.2) is 4.68 Å². The monoisotopic (exact) mass is 424 g/mol. The van der Waals surface area contributed by atoms with Gasteiger partial charge in [-0.3, -0.25) is 14.5 Å². The second-order valence-electron chi connectivity index (χ2n) is 7.13. The summed E-state index contributed by atoms with van der Waals surface area (Å²) in [5.41, 5.74) is 2.37. The number of aromatic nitrogens is 4. The maximum atomic E-state index is 12.6. The maximum absolute atomic E-state index is 12.6. The molecule has 3 heterocycles. The Morgan fingerprint density at radius 3 is 2.73 bits per heavy atom. The number of hydrogen-bond donors (Lipinski definition) is 1. The summed E-state index contributed by atoms with van der Waals surface area (Å²) in [5.74, 6) is 0.764. The average molecular weight is 425 g/mol. The normalized spacial score (nSPS) is 13.1. The molecule has 0 saturated carbocycles. The summed E-state index contributed by atoms with van der Waals surface area (Å²) in [6.07, 6.45) is 1.03. The molecule has 0 radical (unpaired) electrons. The molecule has 30 heavy (non-hydrogen) atoms. The highest BCUT2D eigenvalue weighted by atomic mass is 35.5. The summed E-state index contributed by atoms with van der Waals surface area (Å²) in [6.45, 7) is 3.35. The van der Waals surface area contributed by atoms with E-state index in [4.69, 9.17) is 11.6 Å². The van der Waals surface area contributed by atoms with Crippen molar-refractivity contribution in [3.05, 3.63) is 53.2 Å². The van der Waals surface area contributed by atoms with E-state index in [0.29, 0.717) is 23.1 Å². The molecule has 0 unspecified atom stereocenters. The zero-order chi connectivity index (χ0) is 21.1. The first-order chi connectivity index (χ1) is 14.5. The van der Waals surface area contributed by atoms with Gasteiger partial charge in [0.1, 0.15) is 5.82 Å². The zero-order valence-corrected chi connectivity index (χ0v) is 17.3. The van der Waals surface area contributed by atoms with Gasteiger partial charge in [-0.15, -0.1) is 10.2 Å². The van der Waals surface area contributed by atoms with Crippen molar-refractivity contribution in [2.24, 2.45) is 0 Å². The standard InChI is InChI=1S/C21H21ClN6O2/c1-14-12-20-27(10-3-11-28(20)26-14)21(30)9-8-19(29)23-18-7-6-17(24-25-18)15-4-2-5-16(22)13-15/h2,4-7,12-13H,3,8-11H2,1H3,(H,23,25,29). The topological polar surface area (TPSA) is 93.0 Å². The quantitative estimate of drug-likeness (QED) is 0.677. The largest absolute Gasteiger partial charge is 0.309 e. The van der Waals surface area contributed by atoms with Crippen molar-refractivity contribution < 1.29 is 9.59 Å². The molecule has 0 spiro atoms. The van der Waals surface area contributed by atoms with Crippen molar-refractivity contribution in [3.63, 3.8) is 0 Å². The molecule has 1 aliphatic heterocycles. The molecule has 1 aromatic carbocycles. The first kappa shape index (κ1) is 20.0. The number of benzene rings is 1. The Kier molecular flexibility index (Phi) is 5.76. The van der Waals surface area contributed by atoms with Crippen LogP contribution in [0.5, 0.6) is 0 Å². The lowest BCUT2D eigenvalue weighted by Crippen LogP contribution is -2.37. The molecule has 9 heteroatoms. The van der Waals surface area contributed by atoms with E-state index in [9.17, 15) is 9.59 Å². The van der Waals surface area contributed by atoms with Crippen molar-refractivity contribution in [1.82, 2.24) is 20.0 Å². The number of carbonyl (C=O) groups is 2. The van der Waals surface area contributed by atoms with Crippen LogP contribution < -0.4 is 10.2 Å². The van der Waals surface area contributed by atoms with Crippen molar-refractivity contribution in [1.29, 1.82) is 0 Å². The first-order valence-electron chi connectivity index (χ1n) is 9.74. The molecule has 8 nitrogen and oxygen atoms in total. The Bertz CT molecular complexity index is 1080. The van der Waals surface area contributed by atoms with E-state index < -0.39 is 0 Å². The van der Waals surface area contributed by atoms with Gasteiger partial charge >= 0.3 is 0 Å². The predicted molar refractivity (Wildman–Crippen MR) is 114 cm³/mol. The maximum Gasteiger partial charge on any atom is 0.228 e. The van der Waals surface area contributed by atoms with E-state index >= 15 is 0 Å². The lowest BCUT2D eigenvalue weighted by molar-refractivity contribution is -0.122. The van der Waals surface area contributed by atoms with Crippen LogP contribution in [-0.2, 0) is 16.1 Å². The van der Waals surface area contributed by atoms with Gasteiger partial charge in [-0.1, -0.05) is 23.7 Å². The van der Waals surface area contributed by atoms with Crippen LogP contribution in [0.3, 0.4) is 0 Å². The summed E-state index contributed by atoms with van der Waals surface area (Å²) in [6, 6.07) is 12.6. The number of hydrogen-bond acceptors (Lipinski definition) is 5. The molecule has 0 saturated heterocycles. The number of fused-ring (bicyclic) bond motifs is 1. The van der Waals surface area contributed by atoms with Gasteiger partial charge in [-0.2, -0.15) is 5.10 Å². The number of rotatable bonds is 5. The Labute approximate surface area is 178 Å². The zero-order valence-electron chi connectivity index (χ0n) is 16.5. The van der Waals surface area contributed by atoms with Crippen molar-refractivity contribution in [3.8, 4) is 11.3 Å². The number of nitrogens with one attached hydrogen (secondary N) is 1. The Morgan fingerprint density at radius 2 is 1.97 bits per heavy atom. The van der Waals surface area contributed by atoms with Gasteiger partial charge in [0.25, 0.3) is 0 Å². The molecule has 0 fully saturated rings. The van der Waals surface area contributed by atoms with E-state index in [0.717, 1.165) is 30.0 Å². The highest BCUT2D eigenvalue weighted by Crippen LogP contribution is 2.23. The van der Waals surface area contributed by atoms with Crippen LogP contribution >= 0.6 is 11.6 Å². The lowest BCUT2D eigenvalue weighted by atomic mass is 10.1. The van der Waals surface area contributed by atoms with E-state index in [1.165, 1.54) is 0 Å². The summed E-state index contributed by atoms with van der Waals surface area (Å²) in [5, 5.41) is 15.9. The third-order valence-electron chi connectivity index (χ3n) is 4.83. The van der Waals surface area contributed by atoms with Crippen molar-refractivity contribution in [2.75, 3.05) is 16.8 Å². The summed E-state index contributed by atoms with van der Waals surface area (Å²) in [7, 11) is 0. The minimum Gasteiger partial charge on any atom is -0.309 e. The summed E-state index contributed by atoms with van der Waals surface area (Å²) < 4.78 is 1.84. The number of aryl methyl sites for hydroxylation is 2. The van der Waals surface area contributed by atoms with Crippen molar-refractivity contribution >= 4 is 35.1 Å². The van der Waals surface area contributed by atoms with Gasteiger partial charge < -0.3 is 5.32 Å². The minimum absolute atomic E-state index is 0.0696. The Balaban J connectivity index is 1.32. The average Bonchev–Trinajstić information content (AvgIpc) is 3.12. The summed E-state index contributed by atoms with van der Waals surface area (Å²) in [4.78, 5) is 26.6. The Hall–Kier alpha value is -3.26. The number of amides is 2. The summed E-state index contributed by atoms with van der Waals surface area (Å²) >= 11 is 6.00. The second kappa shape index (κ2) is 8.62. The van der Waals surface area contributed by atoms with E-state index in [-0.39, 0.29) is 24.7 Å². The molecular formula is C21H21ClN6O2. The van der Waals surface area contributed by atoms with Gasteiger partial charge in [0, 0.05) is 42.6 Å². The van der Waals surface area contributed by atoms with E-state index in [1.54, 1.807) is 29.2 Å². The third-order valence-corrected chi connectivity index (χ3v) is 5.06. The molecule has 2 aromatic heterocycles. The second-order valence-corrected chi connectivity index (χ2v) is 7.56. The fourth-order valence-electron chi connectivity index (χ4n) is 3.42. The molecule has 1 aliphatic rings. The molecule has 0 aliphatic carbocycles. The van der Waals surface area contributed by atoms with E-state index in [1.807, 2.05) is 29.8 Å². The molecule has 0 atom stereocenters. The van der Waals surface area contributed by atoms with Crippen molar-refractivity contribution in [2.45, 2.75) is 32.7 Å². The number of nitrogens with zero attached hydrogens (tertiary/aromatic N) is 5. The highest BCUT2D eigenvalue weighted by Gasteiger charge is 2.24. The van der Waals surface area contributed by atoms with Crippen LogP contribution in [-0.4, -0.2) is 38.3 Å². The van der Waals surface area contributed by atoms with Crippen LogP contribution in [0.25, 0.3) is 11.3 Å². The molecule has 0 bridgehead atoms. The van der Waals surface area contributed by atoms with Crippen LogP contribution in [0.2, 0.25) is 5.02 Å². The number of halogens is 1. The van der Waals surface area contributed by atoms with Gasteiger partial charge in [0.05, 0.1) is 11.4 Å². The first-order valence-corrected chi connectivity index (χ1v) is 10.1. The van der Waals surface area contributed by atoms with Crippen LogP contribution in [0.4, 0.5) is 11.6 Å². The van der Waals surface area contributed by atoms with Gasteiger partial charge in [0.15, 0.2) is 5.82 Å². The number of anilines is 2. The third kappa shape index (κ3) is 4.49. The Morgan fingerprint density at radius 1 is 1.10 bits per heavy atom. The number of carbonyl (C=O) groups excluding carboxylic acids is 2. The molecule has 2 amide bonds. The predicted octanol–water partition coefficient (Wildman–Crippen LogP) is 3.46. The molecule has 154 valence electrons. The highest BCUT2D eigenvalue weighted by molar-refractivity contribution is 6.30. The molecule has 3 aromatic rings. The molecular weight excluding hydrogens is 404 g/mol. The molecule has 1 N–H and O–H groups in total.